The third kappa shape index (κ3) is 4.11. The van der Waals surface area contributed by atoms with Crippen molar-refractivity contribution in [2.45, 2.75) is 78.0 Å². The average Bonchev–Trinajstić information content (AvgIpc) is 3.19. The summed E-state index contributed by atoms with van der Waals surface area (Å²) in [5, 5.41) is 0.698. The molecule has 0 aromatic heterocycles. The number of hydrogen-bond acceptors (Lipinski definition) is 3. The number of carbonyl (C=O) groups is 2. The normalized spacial score (nSPS) is 23.0. The van der Waals surface area contributed by atoms with Crippen LogP contribution >= 0.6 is 11.6 Å². The van der Waals surface area contributed by atoms with Crippen LogP contribution in [0.2, 0.25) is 5.02 Å². The lowest BCUT2D eigenvalue weighted by Gasteiger charge is -2.35. The molecule has 2 heterocycles. The zero-order chi connectivity index (χ0) is 21.0. The molecule has 2 amide bonds. The lowest BCUT2D eigenvalue weighted by Crippen LogP contribution is -2.41. The Morgan fingerprint density at radius 1 is 1.21 bits per heavy atom. The molecule has 158 valence electrons. The first-order valence-electron chi connectivity index (χ1n) is 10.7. The Balaban J connectivity index is 1.63. The molecule has 0 bridgehead atoms. The predicted molar refractivity (Wildman–Crippen MR) is 113 cm³/mol. The molecule has 0 radical (unpaired) electrons. The van der Waals surface area contributed by atoms with Crippen molar-refractivity contribution in [3.63, 3.8) is 0 Å². The Hall–Kier alpha value is -1.75. The van der Waals surface area contributed by atoms with E-state index in [9.17, 15) is 9.59 Å². The van der Waals surface area contributed by atoms with Crippen LogP contribution in [0, 0.1) is 5.41 Å². The molecular formula is C23H31ClN2O3. The summed E-state index contributed by atoms with van der Waals surface area (Å²) in [5.74, 6) is 0.263. The number of hydrogen-bond donors (Lipinski definition) is 0. The fourth-order valence-electron chi connectivity index (χ4n) is 4.54. The van der Waals surface area contributed by atoms with E-state index in [-0.39, 0.29) is 23.5 Å². The van der Waals surface area contributed by atoms with Gasteiger partial charge in [0.25, 0.3) is 0 Å². The van der Waals surface area contributed by atoms with Gasteiger partial charge in [-0.25, -0.2) is 4.79 Å². The fourth-order valence-corrected chi connectivity index (χ4v) is 4.79. The average molecular weight is 419 g/mol. The van der Waals surface area contributed by atoms with E-state index in [1.54, 1.807) is 0 Å². The van der Waals surface area contributed by atoms with Crippen LogP contribution in [0.3, 0.4) is 0 Å². The minimum atomic E-state index is -0.527. The minimum Gasteiger partial charge on any atom is -0.444 e. The largest absolute Gasteiger partial charge is 0.444 e. The van der Waals surface area contributed by atoms with Crippen molar-refractivity contribution in [2.24, 2.45) is 5.41 Å². The highest BCUT2D eigenvalue weighted by molar-refractivity contribution is 6.30. The number of rotatable bonds is 2. The SMILES string of the molecule is CC(C)(C)OC(=O)N1CCC[C@H]1c1cc(Cl)cc2c1CN(C(=O)C1(C)CC1)CC2. The number of halogens is 1. The molecule has 1 aliphatic carbocycles. The maximum atomic E-state index is 12.9. The lowest BCUT2D eigenvalue weighted by atomic mass is 9.89. The number of carbonyl (C=O) groups excluding carboxylic acids is 2. The maximum Gasteiger partial charge on any atom is 0.410 e. The first-order valence-corrected chi connectivity index (χ1v) is 11.1. The molecule has 3 aliphatic rings. The second-order valence-corrected chi connectivity index (χ2v) is 10.4. The molecule has 1 aromatic rings. The third-order valence-corrected chi connectivity index (χ3v) is 6.60. The topological polar surface area (TPSA) is 49.9 Å². The van der Waals surface area contributed by atoms with E-state index in [0.717, 1.165) is 44.2 Å². The molecule has 1 atom stereocenters. The first-order chi connectivity index (χ1) is 13.6. The van der Waals surface area contributed by atoms with Crippen LogP contribution in [0.5, 0.6) is 0 Å². The molecular weight excluding hydrogens is 388 g/mol. The standard InChI is InChI=1S/C23H31ClN2O3/c1-22(2,3)29-21(28)26-10-5-6-19(26)17-13-16(24)12-15-7-11-25(14-18(15)17)20(27)23(4)8-9-23/h12-13,19H,5-11,14H2,1-4H3/t19-/m0/s1. The molecule has 0 N–H and O–H groups in total. The quantitative estimate of drug-likeness (QED) is 0.671. The molecule has 2 aliphatic heterocycles. The molecule has 5 nitrogen and oxygen atoms in total. The molecule has 2 fully saturated rings. The highest BCUT2D eigenvalue weighted by Crippen LogP contribution is 2.47. The Morgan fingerprint density at radius 2 is 1.93 bits per heavy atom. The van der Waals surface area contributed by atoms with E-state index in [0.29, 0.717) is 18.1 Å². The zero-order valence-corrected chi connectivity index (χ0v) is 18.6. The van der Waals surface area contributed by atoms with Gasteiger partial charge in [-0.3, -0.25) is 4.79 Å². The van der Waals surface area contributed by atoms with Crippen molar-refractivity contribution in [2.75, 3.05) is 13.1 Å². The Kier molecular flexibility index (Phi) is 5.09. The smallest absolute Gasteiger partial charge is 0.410 e. The van der Waals surface area contributed by atoms with E-state index >= 15 is 0 Å². The Bertz CT molecular complexity index is 841. The predicted octanol–water partition coefficient (Wildman–Crippen LogP) is 5.10. The molecule has 1 saturated heterocycles. The first kappa shape index (κ1) is 20.5. The third-order valence-electron chi connectivity index (χ3n) is 6.38. The van der Waals surface area contributed by atoms with Gasteiger partial charge in [0.05, 0.1) is 6.04 Å². The van der Waals surface area contributed by atoms with Gasteiger partial charge in [0.15, 0.2) is 0 Å². The van der Waals surface area contributed by atoms with E-state index in [1.165, 1.54) is 11.1 Å². The van der Waals surface area contributed by atoms with Crippen molar-refractivity contribution in [1.29, 1.82) is 0 Å². The number of ether oxygens (including phenoxy) is 1. The number of nitrogens with zero attached hydrogens (tertiary/aromatic N) is 2. The van der Waals surface area contributed by atoms with E-state index in [1.807, 2.05) is 42.7 Å². The van der Waals surface area contributed by atoms with Gasteiger partial charge in [0, 0.05) is 30.1 Å². The van der Waals surface area contributed by atoms with Crippen LogP contribution in [-0.2, 0) is 22.5 Å². The fraction of sp³-hybridized carbons (Fsp3) is 0.652. The number of likely N-dealkylation sites (tertiary alicyclic amines) is 1. The summed E-state index contributed by atoms with van der Waals surface area (Å²) in [7, 11) is 0. The summed E-state index contributed by atoms with van der Waals surface area (Å²) < 4.78 is 5.65. The van der Waals surface area contributed by atoms with Gasteiger partial charge in [-0.05, 0) is 81.7 Å². The van der Waals surface area contributed by atoms with Gasteiger partial charge in [-0.1, -0.05) is 18.5 Å². The van der Waals surface area contributed by atoms with Crippen LogP contribution in [0.1, 0.15) is 76.1 Å². The molecule has 4 rings (SSSR count). The molecule has 0 unspecified atom stereocenters. The van der Waals surface area contributed by atoms with Gasteiger partial charge < -0.3 is 14.5 Å². The van der Waals surface area contributed by atoms with Crippen LogP contribution < -0.4 is 0 Å². The second-order valence-electron chi connectivity index (χ2n) is 10.0. The van der Waals surface area contributed by atoms with Gasteiger partial charge >= 0.3 is 6.09 Å². The van der Waals surface area contributed by atoms with Gasteiger partial charge in [-0.2, -0.15) is 0 Å². The molecule has 1 aromatic carbocycles. The Morgan fingerprint density at radius 3 is 2.59 bits per heavy atom. The molecule has 0 spiro atoms. The summed E-state index contributed by atoms with van der Waals surface area (Å²) in [4.78, 5) is 29.6. The molecule has 6 heteroatoms. The lowest BCUT2D eigenvalue weighted by molar-refractivity contribution is -0.137. The van der Waals surface area contributed by atoms with E-state index < -0.39 is 5.60 Å². The van der Waals surface area contributed by atoms with Crippen LogP contribution in [0.15, 0.2) is 12.1 Å². The summed E-state index contributed by atoms with van der Waals surface area (Å²) >= 11 is 6.46. The van der Waals surface area contributed by atoms with Crippen molar-refractivity contribution in [1.82, 2.24) is 9.80 Å². The summed E-state index contributed by atoms with van der Waals surface area (Å²) in [5.41, 5.74) is 2.75. The van der Waals surface area contributed by atoms with E-state index in [4.69, 9.17) is 16.3 Å². The zero-order valence-electron chi connectivity index (χ0n) is 17.9. The van der Waals surface area contributed by atoms with Crippen molar-refractivity contribution in [3.8, 4) is 0 Å². The Labute approximate surface area is 178 Å². The van der Waals surface area contributed by atoms with Crippen LogP contribution in [0.25, 0.3) is 0 Å². The highest BCUT2D eigenvalue weighted by atomic mass is 35.5. The van der Waals surface area contributed by atoms with Gasteiger partial charge in [-0.15, -0.1) is 0 Å². The van der Waals surface area contributed by atoms with Crippen LogP contribution in [-0.4, -0.2) is 40.5 Å². The maximum absolute atomic E-state index is 12.9. The number of fused-ring (bicyclic) bond motifs is 1. The minimum absolute atomic E-state index is 0.0520. The highest BCUT2D eigenvalue weighted by Gasteiger charge is 2.47. The molecule has 29 heavy (non-hydrogen) atoms. The number of amides is 2. The number of benzene rings is 1. The van der Waals surface area contributed by atoms with Gasteiger partial charge in [0.2, 0.25) is 5.91 Å². The van der Waals surface area contributed by atoms with Crippen LogP contribution in [0.4, 0.5) is 4.79 Å². The summed E-state index contributed by atoms with van der Waals surface area (Å²) in [6, 6.07) is 3.96. The monoisotopic (exact) mass is 418 g/mol. The van der Waals surface area contributed by atoms with Gasteiger partial charge in [0.1, 0.15) is 5.60 Å². The van der Waals surface area contributed by atoms with E-state index in [2.05, 4.69) is 6.92 Å². The van der Waals surface area contributed by atoms with Crippen molar-refractivity contribution in [3.05, 3.63) is 33.8 Å². The van der Waals surface area contributed by atoms with Crippen molar-refractivity contribution < 1.29 is 14.3 Å². The second kappa shape index (κ2) is 7.19. The summed E-state index contributed by atoms with van der Waals surface area (Å²) in [6.45, 7) is 9.75. The molecule has 1 saturated carbocycles. The summed E-state index contributed by atoms with van der Waals surface area (Å²) in [6.07, 6.45) is 4.33. The van der Waals surface area contributed by atoms with Crippen molar-refractivity contribution >= 4 is 23.6 Å².